The molecule has 0 radical (unpaired) electrons. The largest absolute Gasteiger partial charge is 0.483 e. The summed E-state index contributed by atoms with van der Waals surface area (Å²) in [5.74, 6) is 0.636. The Hall–Kier alpha value is -3.81. The molecule has 0 bridgehead atoms. The van der Waals surface area contributed by atoms with Gasteiger partial charge in [-0.2, -0.15) is 0 Å². The summed E-state index contributed by atoms with van der Waals surface area (Å²) < 4.78 is 10.7. The molecule has 1 unspecified atom stereocenters. The van der Waals surface area contributed by atoms with Gasteiger partial charge >= 0.3 is 11.4 Å². The van der Waals surface area contributed by atoms with Crippen LogP contribution in [0.1, 0.15) is 70.4 Å². The number of carbonyl (C=O) groups excluding carboxylic acids is 1. The minimum absolute atomic E-state index is 0.0745. The van der Waals surface area contributed by atoms with Crippen molar-refractivity contribution >= 4 is 11.5 Å². The zero-order valence-electron chi connectivity index (χ0n) is 22.5. The van der Waals surface area contributed by atoms with E-state index in [1.54, 1.807) is 28.9 Å². The van der Waals surface area contributed by atoms with Crippen molar-refractivity contribution in [1.82, 2.24) is 13.9 Å². The predicted octanol–water partition coefficient (Wildman–Crippen LogP) is 4.33. The number of hydrogen-bond donors (Lipinski definition) is 0. The molecule has 3 heterocycles. The third-order valence-corrected chi connectivity index (χ3v) is 7.38. The molecule has 194 valence electrons. The second kappa shape index (κ2) is 8.64. The average molecular weight is 503 g/mol. The lowest BCUT2D eigenvalue weighted by Gasteiger charge is -2.43. The van der Waals surface area contributed by atoms with Crippen molar-refractivity contribution in [2.24, 2.45) is 0 Å². The molecule has 2 aliphatic heterocycles. The number of hydrogen-bond acceptors (Lipinski definition) is 5. The second-order valence-corrected chi connectivity index (χ2v) is 10.9. The van der Waals surface area contributed by atoms with Crippen LogP contribution in [-0.4, -0.2) is 37.4 Å². The topological polar surface area (TPSA) is 78.5 Å². The maximum absolute atomic E-state index is 13.8. The van der Waals surface area contributed by atoms with Crippen molar-refractivity contribution < 1.29 is 9.53 Å². The van der Waals surface area contributed by atoms with Gasteiger partial charge in [-0.15, -0.1) is 0 Å². The van der Waals surface area contributed by atoms with Gasteiger partial charge in [0, 0.05) is 35.0 Å². The standard InChI is InChI=1S/C29H34N4O4/c1-17(2)31(18(3)4)22-12-13-23-25(16-22)37-29(6,7)24-14-15-30-27(35)32(28(36)33(30)26(23)24)21-10-8-20(9-11-21)19(5)34/h8-14,16-18,26H,15H2,1-7H3. The van der Waals surface area contributed by atoms with Gasteiger partial charge in [0.25, 0.3) is 0 Å². The summed E-state index contributed by atoms with van der Waals surface area (Å²) in [6, 6.07) is 12.8. The average Bonchev–Trinajstić information content (AvgIpc) is 3.08. The first kappa shape index (κ1) is 24.9. The molecule has 1 atom stereocenters. The molecular formula is C29H34N4O4. The number of ether oxygens (including phenoxy) is 1. The molecule has 1 aromatic heterocycles. The van der Waals surface area contributed by atoms with Gasteiger partial charge in [0.2, 0.25) is 0 Å². The van der Waals surface area contributed by atoms with Crippen molar-refractivity contribution in [1.29, 1.82) is 0 Å². The Labute approximate surface area is 216 Å². The highest BCUT2D eigenvalue weighted by Crippen LogP contribution is 2.47. The van der Waals surface area contributed by atoms with Crippen LogP contribution in [0.5, 0.6) is 5.75 Å². The summed E-state index contributed by atoms with van der Waals surface area (Å²) in [6.07, 6.45) is 2.00. The summed E-state index contributed by atoms with van der Waals surface area (Å²) in [5.41, 5.74) is 2.31. The highest BCUT2D eigenvalue weighted by Gasteiger charge is 2.44. The Morgan fingerprint density at radius 1 is 1.00 bits per heavy atom. The van der Waals surface area contributed by atoms with Gasteiger partial charge < -0.3 is 9.64 Å². The van der Waals surface area contributed by atoms with Gasteiger partial charge in [-0.3, -0.25) is 4.79 Å². The van der Waals surface area contributed by atoms with Crippen LogP contribution in [0.25, 0.3) is 5.69 Å². The minimum Gasteiger partial charge on any atom is -0.483 e. The number of carbonyl (C=O) groups is 1. The zero-order chi connectivity index (χ0) is 26.8. The third-order valence-electron chi connectivity index (χ3n) is 7.38. The lowest BCUT2D eigenvalue weighted by atomic mass is 9.83. The summed E-state index contributed by atoms with van der Waals surface area (Å²) in [6.45, 7) is 14.4. The number of Topliss-reactive ketones (excluding diaryl/α,β-unsaturated/α-hetero) is 1. The molecule has 8 heteroatoms. The molecule has 0 amide bonds. The monoisotopic (exact) mass is 502 g/mol. The summed E-state index contributed by atoms with van der Waals surface area (Å²) in [5, 5.41) is 0. The van der Waals surface area contributed by atoms with E-state index in [1.807, 2.05) is 32.1 Å². The number of fused-ring (bicyclic) bond motifs is 5. The highest BCUT2D eigenvalue weighted by atomic mass is 16.5. The van der Waals surface area contributed by atoms with Gasteiger partial charge in [0.05, 0.1) is 12.2 Å². The normalized spacial score (nSPS) is 17.5. The lowest BCUT2D eigenvalue weighted by Crippen LogP contribution is -2.46. The van der Waals surface area contributed by atoms with Crippen molar-refractivity contribution in [3.63, 3.8) is 0 Å². The molecule has 0 N–H and O–H groups in total. The molecule has 8 nitrogen and oxygen atoms in total. The van der Waals surface area contributed by atoms with Crippen LogP contribution >= 0.6 is 0 Å². The van der Waals surface area contributed by atoms with Gasteiger partial charge in [0.15, 0.2) is 5.78 Å². The van der Waals surface area contributed by atoms with Gasteiger partial charge in [-0.25, -0.2) is 23.5 Å². The van der Waals surface area contributed by atoms with E-state index in [9.17, 15) is 14.4 Å². The molecule has 0 fully saturated rings. The SMILES string of the molecule is CC(=O)c1ccc(-n2c(=O)n3n(c2=O)C2C(=CC3)C(C)(C)Oc3cc(N(C(C)C)C(C)C)ccc32)cc1. The fourth-order valence-electron chi connectivity index (χ4n) is 5.80. The molecular weight excluding hydrogens is 468 g/mol. The first-order chi connectivity index (χ1) is 17.4. The van der Waals surface area contributed by atoms with Gasteiger partial charge in [0.1, 0.15) is 17.4 Å². The van der Waals surface area contributed by atoms with E-state index in [2.05, 4.69) is 38.7 Å². The fourth-order valence-corrected chi connectivity index (χ4v) is 5.80. The molecule has 3 aromatic rings. The Morgan fingerprint density at radius 3 is 2.24 bits per heavy atom. The molecule has 2 aliphatic rings. The molecule has 37 heavy (non-hydrogen) atoms. The number of anilines is 1. The van der Waals surface area contributed by atoms with Crippen LogP contribution in [0.15, 0.2) is 63.7 Å². The molecule has 2 aromatic carbocycles. The maximum atomic E-state index is 13.8. The van der Waals surface area contributed by atoms with Crippen molar-refractivity contribution in [2.45, 2.75) is 78.7 Å². The Bertz CT molecular complexity index is 1530. The van der Waals surface area contributed by atoms with E-state index in [-0.39, 0.29) is 12.3 Å². The first-order valence-electron chi connectivity index (χ1n) is 12.8. The molecule has 0 saturated carbocycles. The molecule has 0 saturated heterocycles. The smallest absolute Gasteiger partial charge is 0.352 e. The maximum Gasteiger partial charge on any atom is 0.352 e. The van der Waals surface area contributed by atoms with E-state index < -0.39 is 23.0 Å². The molecule has 0 aliphatic carbocycles. The van der Waals surface area contributed by atoms with Crippen molar-refractivity contribution in [2.75, 3.05) is 4.90 Å². The van der Waals surface area contributed by atoms with Gasteiger partial charge in [-0.1, -0.05) is 12.1 Å². The van der Waals surface area contributed by atoms with Crippen molar-refractivity contribution in [3.8, 4) is 11.4 Å². The van der Waals surface area contributed by atoms with Crippen molar-refractivity contribution in [3.05, 3.63) is 86.2 Å². The van der Waals surface area contributed by atoms with E-state index in [0.29, 0.717) is 29.1 Å². The van der Waals surface area contributed by atoms with Crippen LogP contribution in [0.4, 0.5) is 5.69 Å². The van der Waals surface area contributed by atoms with Gasteiger partial charge in [-0.05, 0) is 84.4 Å². The Balaban J connectivity index is 1.68. The number of benzene rings is 2. The fraction of sp³-hybridized carbons (Fsp3) is 0.414. The number of allylic oxidation sites excluding steroid dienone is 1. The number of rotatable bonds is 5. The quantitative estimate of drug-likeness (QED) is 0.383. The predicted molar refractivity (Wildman–Crippen MR) is 144 cm³/mol. The van der Waals surface area contributed by atoms with Crippen LogP contribution in [0.3, 0.4) is 0 Å². The van der Waals surface area contributed by atoms with E-state index >= 15 is 0 Å². The molecule has 0 spiro atoms. The lowest BCUT2D eigenvalue weighted by molar-refractivity contribution is 0.101. The zero-order valence-corrected chi connectivity index (χ0v) is 22.5. The van der Waals surface area contributed by atoms with Crippen LogP contribution in [0, 0.1) is 0 Å². The summed E-state index contributed by atoms with van der Waals surface area (Å²) in [7, 11) is 0. The highest BCUT2D eigenvalue weighted by molar-refractivity contribution is 5.94. The first-order valence-corrected chi connectivity index (χ1v) is 12.8. The minimum atomic E-state index is -0.664. The molecule has 5 rings (SSSR count). The van der Waals surface area contributed by atoms with Crippen LogP contribution < -0.4 is 21.0 Å². The number of aromatic nitrogens is 3. The summed E-state index contributed by atoms with van der Waals surface area (Å²) in [4.78, 5) is 41.3. The number of ketones is 1. The Kier molecular flexibility index (Phi) is 5.81. The van der Waals surface area contributed by atoms with E-state index in [4.69, 9.17) is 4.74 Å². The Morgan fingerprint density at radius 2 is 1.65 bits per heavy atom. The van der Waals surface area contributed by atoms with Crippen LogP contribution in [-0.2, 0) is 6.54 Å². The third kappa shape index (κ3) is 3.86. The summed E-state index contributed by atoms with van der Waals surface area (Å²) >= 11 is 0. The second-order valence-electron chi connectivity index (χ2n) is 10.9. The van der Waals surface area contributed by atoms with E-state index in [1.165, 1.54) is 16.2 Å². The van der Waals surface area contributed by atoms with E-state index in [0.717, 1.165) is 16.8 Å². The number of nitrogens with zero attached hydrogens (tertiary/aromatic N) is 4. The van der Waals surface area contributed by atoms with Crippen LogP contribution in [0.2, 0.25) is 0 Å².